The number of carbonyl (C=O) groups excluding carboxylic acids is 1. The van der Waals surface area contributed by atoms with Gasteiger partial charge in [-0.15, -0.1) is 0 Å². The average molecular weight is 584 g/mol. The number of hydrogen-bond donors (Lipinski definition) is 2. The molecule has 0 radical (unpaired) electrons. The molecule has 0 amide bonds. The Labute approximate surface area is 254 Å². The largest absolute Gasteiger partial charge is 0.385 e. The van der Waals surface area contributed by atoms with Gasteiger partial charge in [0.05, 0.1) is 16.8 Å². The van der Waals surface area contributed by atoms with Crippen LogP contribution < -0.4 is 0 Å². The van der Waals surface area contributed by atoms with Crippen molar-refractivity contribution < 1.29 is 24.1 Å². The Morgan fingerprint density at radius 3 is 2.51 bits per heavy atom. The van der Waals surface area contributed by atoms with E-state index in [0.717, 1.165) is 32.1 Å². The smallest absolute Gasteiger partial charge is 0.195 e. The van der Waals surface area contributed by atoms with Gasteiger partial charge >= 0.3 is 0 Å². The summed E-state index contributed by atoms with van der Waals surface area (Å²) in [4.78, 5) is 17.3. The third-order valence-corrected chi connectivity index (χ3v) is 13.5. The van der Waals surface area contributed by atoms with Crippen LogP contribution in [0.4, 0.5) is 0 Å². The average Bonchev–Trinajstić information content (AvgIpc) is 3.58. The topological polar surface area (TPSA) is 80.8 Å². The van der Waals surface area contributed by atoms with E-state index in [4.69, 9.17) is 14.2 Å². The molecular formula is C37H45NO5. The minimum Gasteiger partial charge on any atom is -0.385 e. The minimum atomic E-state index is -1.20. The lowest BCUT2D eigenvalue weighted by Gasteiger charge is -2.65. The molecule has 6 heteroatoms. The molecule has 4 aliphatic carbocycles. The maximum absolute atomic E-state index is 13.3. The molecule has 6 nitrogen and oxygen atoms in total. The number of H-pyrrole nitrogens is 1. The molecule has 1 aromatic heterocycles. The molecule has 3 aliphatic heterocycles. The molecule has 3 fully saturated rings. The maximum Gasteiger partial charge on any atom is 0.195 e. The zero-order chi connectivity index (χ0) is 30.3. The van der Waals surface area contributed by atoms with Crippen LogP contribution in [0.1, 0.15) is 110 Å². The van der Waals surface area contributed by atoms with E-state index in [9.17, 15) is 9.90 Å². The first-order valence-corrected chi connectivity index (χ1v) is 16.4. The fourth-order valence-corrected chi connectivity index (χ4v) is 11.4. The Bertz CT molecular complexity index is 1760. The highest BCUT2D eigenvalue weighted by Gasteiger charge is 2.75. The summed E-state index contributed by atoms with van der Waals surface area (Å²) in [5, 5.41) is 14.2. The van der Waals surface area contributed by atoms with Gasteiger partial charge < -0.3 is 24.3 Å². The molecule has 2 N–H and O–H groups in total. The number of aromatic amines is 1. The number of nitrogens with one attached hydrogen (secondary N) is 1. The van der Waals surface area contributed by atoms with E-state index in [2.05, 4.69) is 58.7 Å². The molecule has 7 aliphatic rings. The lowest BCUT2D eigenvalue weighted by molar-refractivity contribution is -0.247. The normalized spacial score (nSPS) is 42.6. The van der Waals surface area contributed by atoms with Crippen molar-refractivity contribution in [2.24, 2.45) is 11.3 Å². The maximum atomic E-state index is 13.3. The highest BCUT2D eigenvalue weighted by atomic mass is 16.8. The van der Waals surface area contributed by atoms with E-state index in [1.165, 1.54) is 44.4 Å². The van der Waals surface area contributed by atoms with Crippen LogP contribution in [0, 0.1) is 11.3 Å². The highest BCUT2D eigenvalue weighted by molar-refractivity contribution is 5.97. The number of benzene rings is 1. The van der Waals surface area contributed by atoms with Crippen molar-refractivity contribution in [1.29, 1.82) is 0 Å². The number of aromatic nitrogens is 1. The summed E-state index contributed by atoms with van der Waals surface area (Å²) in [7, 11) is 0. The van der Waals surface area contributed by atoms with Crippen molar-refractivity contribution in [2.75, 3.05) is 0 Å². The van der Waals surface area contributed by atoms with Gasteiger partial charge in [-0.2, -0.15) is 0 Å². The summed E-state index contributed by atoms with van der Waals surface area (Å²) >= 11 is 0. The number of fused-ring (bicyclic) bond motifs is 11. The fraction of sp³-hybridized carbons (Fsp3) is 0.649. The molecule has 9 rings (SSSR count). The number of ketones is 1. The molecular weight excluding hydrogens is 538 g/mol. The molecule has 228 valence electrons. The molecule has 2 aromatic rings. The first kappa shape index (κ1) is 27.1. The zero-order valence-electron chi connectivity index (χ0n) is 26.9. The Balaban J connectivity index is 1.18. The van der Waals surface area contributed by atoms with Crippen LogP contribution in [-0.4, -0.2) is 50.2 Å². The van der Waals surface area contributed by atoms with E-state index in [1.54, 1.807) is 6.08 Å². The van der Waals surface area contributed by atoms with Gasteiger partial charge in [-0.05, 0) is 126 Å². The third kappa shape index (κ3) is 2.94. The molecule has 1 aromatic carbocycles. The van der Waals surface area contributed by atoms with E-state index < -0.39 is 28.5 Å². The molecule has 2 saturated carbocycles. The molecule has 1 spiro atoms. The first-order chi connectivity index (χ1) is 19.9. The Hall–Kier alpha value is -2.25. The quantitative estimate of drug-likeness (QED) is 0.365. The second-order valence-corrected chi connectivity index (χ2v) is 17.0. The monoisotopic (exact) mass is 583 g/mol. The second kappa shape index (κ2) is 7.41. The lowest BCUT2D eigenvalue weighted by Crippen LogP contribution is -2.69. The molecule has 6 unspecified atom stereocenters. The van der Waals surface area contributed by atoms with Crippen molar-refractivity contribution in [3.05, 3.63) is 51.7 Å². The molecule has 4 heterocycles. The van der Waals surface area contributed by atoms with Crippen molar-refractivity contribution in [3.63, 3.8) is 0 Å². The summed E-state index contributed by atoms with van der Waals surface area (Å²) in [6.07, 6.45) is 6.87. The summed E-state index contributed by atoms with van der Waals surface area (Å²) < 4.78 is 19.6. The molecule has 2 bridgehead atoms. The van der Waals surface area contributed by atoms with Crippen LogP contribution in [0.2, 0.25) is 0 Å². The number of ether oxygens (including phenoxy) is 3. The van der Waals surface area contributed by atoms with E-state index in [0.29, 0.717) is 24.3 Å². The van der Waals surface area contributed by atoms with Crippen molar-refractivity contribution >= 4 is 22.3 Å². The Morgan fingerprint density at radius 1 is 0.977 bits per heavy atom. The SMILES string of the molecule is CC1(C)CC2=C(Cc3cc4c5c([nH]c4cc32)C2(C)C(CCC3(O)C4=CC(=O)C6OC4(CCC32C)OC6(C)C)C5)C(C)(C)O1. The van der Waals surface area contributed by atoms with Gasteiger partial charge in [-0.3, -0.25) is 4.79 Å². The van der Waals surface area contributed by atoms with Crippen LogP contribution in [0.5, 0.6) is 0 Å². The summed E-state index contributed by atoms with van der Waals surface area (Å²) in [5.74, 6) is -0.683. The van der Waals surface area contributed by atoms with Gasteiger partial charge in [0.15, 0.2) is 17.7 Å². The van der Waals surface area contributed by atoms with E-state index in [-0.39, 0.29) is 22.4 Å². The van der Waals surface area contributed by atoms with Gasteiger partial charge in [0.1, 0.15) is 5.60 Å². The number of aliphatic hydroxyl groups is 1. The van der Waals surface area contributed by atoms with Crippen molar-refractivity contribution in [3.8, 4) is 0 Å². The first-order valence-electron chi connectivity index (χ1n) is 16.4. The van der Waals surface area contributed by atoms with Gasteiger partial charge in [0, 0.05) is 45.8 Å². The summed E-state index contributed by atoms with van der Waals surface area (Å²) in [6.45, 7) is 17.4. The van der Waals surface area contributed by atoms with Crippen LogP contribution in [-0.2, 0) is 37.3 Å². The Kier molecular flexibility index (Phi) is 4.67. The third-order valence-electron chi connectivity index (χ3n) is 13.5. The molecule has 6 atom stereocenters. The zero-order valence-corrected chi connectivity index (χ0v) is 26.9. The second-order valence-electron chi connectivity index (χ2n) is 17.0. The van der Waals surface area contributed by atoms with Gasteiger partial charge in [0.2, 0.25) is 0 Å². The van der Waals surface area contributed by atoms with Crippen LogP contribution in [0.3, 0.4) is 0 Å². The highest BCUT2D eigenvalue weighted by Crippen LogP contribution is 2.72. The number of hydrogen-bond acceptors (Lipinski definition) is 5. The standard InChI is InChI=1S/C37H45NO5/c1-31(2)18-24-21-16-26-22(13-19(21)14-25(24)32(3,4)42-31)23-15-20-9-10-36(40)28-17-27(39)30-33(5,6)43-37(28,41-30)12-11-34(36,7)35(20,8)29(23)38-26/h13,16-17,20,30,38,40H,9-12,14-15,18H2,1-8H3. The van der Waals surface area contributed by atoms with Crippen LogP contribution in [0.15, 0.2) is 29.4 Å². The van der Waals surface area contributed by atoms with Crippen molar-refractivity contribution in [1.82, 2.24) is 4.98 Å². The van der Waals surface area contributed by atoms with Crippen LogP contribution >= 0.6 is 0 Å². The summed E-state index contributed by atoms with van der Waals surface area (Å²) in [6, 6.07) is 4.86. The van der Waals surface area contributed by atoms with Crippen molar-refractivity contribution in [2.45, 2.75) is 140 Å². The summed E-state index contributed by atoms with van der Waals surface area (Å²) in [5.41, 5.74) is 7.05. The van der Waals surface area contributed by atoms with Gasteiger partial charge in [-0.25, -0.2) is 0 Å². The predicted octanol–water partition coefficient (Wildman–Crippen LogP) is 6.61. The minimum absolute atomic E-state index is 0.0848. The Morgan fingerprint density at radius 2 is 1.74 bits per heavy atom. The van der Waals surface area contributed by atoms with Crippen LogP contribution in [0.25, 0.3) is 16.5 Å². The van der Waals surface area contributed by atoms with E-state index >= 15 is 0 Å². The number of rotatable bonds is 0. The molecule has 43 heavy (non-hydrogen) atoms. The number of carbonyl (C=O) groups is 1. The predicted molar refractivity (Wildman–Crippen MR) is 165 cm³/mol. The fourth-order valence-electron chi connectivity index (χ4n) is 11.4. The van der Waals surface area contributed by atoms with Gasteiger partial charge in [-0.1, -0.05) is 13.8 Å². The van der Waals surface area contributed by atoms with Gasteiger partial charge in [0.25, 0.3) is 0 Å². The molecule has 1 saturated heterocycles. The van der Waals surface area contributed by atoms with E-state index in [1.807, 2.05) is 13.8 Å². The lowest BCUT2D eigenvalue weighted by atomic mass is 9.42.